The van der Waals surface area contributed by atoms with Gasteiger partial charge in [0.2, 0.25) is 5.91 Å². The number of rotatable bonds is 7. The van der Waals surface area contributed by atoms with Gasteiger partial charge in [0.05, 0.1) is 10.8 Å². The molecule has 0 aliphatic heterocycles. The summed E-state index contributed by atoms with van der Waals surface area (Å²) in [5, 5.41) is 7.15. The van der Waals surface area contributed by atoms with E-state index in [2.05, 4.69) is 10.6 Å². The molecule has 0 bridgehead atoms. The maximum Gasteiger partial charge on any atom is 0.265 e. The fourth-order valence-electron chi connectivity index (χ4n) is 4.49. The Bertz CT molecular complexity index is 1040. The smallest absolute Gasteiger partial charge is 0.265 e. The van der Waals surface area contributed by atoms with Crippen LogP contribution < -0.4 is 16.4 Å². The molecule has 1 fully saturated rings. The van der Waals surface area contributed by atoms with E-state index in [1.807, 2.05) is 61.5 Å². The van der Waals surface area contributed by atoms with E-state index in [-0.39, 0.29) is 17.7 Å². The zero-order valence-electron chi connectivity index (χ0n) is 18.5. The van der Waals surface area contributed by atoms with E-state index in [9.17, 15) is 9.59 Å². The highest BCUT2D eigenvalue weighted by Gasteiger charge is 2.23. The first-order valence-corrected chi connectivity index (χ1v) is 12.2. The number of amides is 2. The van der Waals surface area contributed by atoms with Crippen LogP contribution in [0.1, 0.15) is 53.8 Å². The lowest BCUT2D eigenvalue weighted by atomic mass is 9.81. The van der Waals surface area contributed by atoms with Gasteiger partial charge in [-0.25, -0.2) is 0 Å². The Kier molecular flexibility index (Phi) is 7.22. The van der Waals surface area contributed by atoms with Crippen LogP contribution in [0.25, 0.3) is 10.1 Å². The first-order valence-electron chi connectivity index (χ1n) is 11.4. The molecular weight excluding hydrogens is 418 g/mol. The topological polar surface area (TPSA) is 84.2 Å². The molecule has 3 atom stereocenters. The average molecular weight is 450 g/mol. The highest BCUT2D eigenvalue weighted by atomic mass is 32.1. The van der Waals surface area contributed by atoms with Gasteiger partial charge in [0.15, 0.2) is 0 Å². The van der Waals surface area contributed by atoms with Crippen molar-refractivity contribution in [2.24, 2.45) is 17.6 Å². The third-order valence-electron chi connectivity index (χ3n) is 6.50. The van der Waals surface area contributed by atoms with Crippen LogP contribution >= 0.6 is 11.3 Å². The van der Waals surface area contributed by atoms with Crippen LogP contribution in [0, 0.1) is 11.8 Å². The summed E-state index contributed by atoms with van der Waals surface area (Å²) in [5.41, 5.74) is 7.48. The van der Waals surface area contributed by atoms with Gasteiger partial charge in [0.1, 0.15) is 0 Å². The number of hydrogen-bond donors (Lipinski definition) is 3. The molecule has 3 unspecified atom stereocenters. The number of benzene rings is 2. The Morgan fingerprint density at radius 2 is 1.84 bits per heavy atom. The molecule has 1 aliphatic rings. The van der Waals surface area contributed by atoms with Crippen molar-refractivity contribution in [2.45, 2.75) is 38.5 Å². The van der Waals surface area contributed by atoms with E-state index >= 15 is 0 Å². The van der Waals surface area contributed by atoms with E-state index < -0.39 is 0 Å². The number of carbonyl (C=O) groups is 2. The fraction of sp³-hybridized carbons (Fsp3) is 0.385. The third-order valence-corrected chi connectivity index (χ3v) is 7.62. The maximum absolute atomic E-state index is 12.7. The molecule has 3 aromatic rings. The van der Waals surface area contributed by atoms with Gasteiger partial charge in [-0.3, -0.25) is 9.59 Å². The first-order chi connectivity index (χ1) is 15.5. The summed E-state index contributed by atoms with van der Waals surface area (Å²) in [6.07, 6.45) is 4.69. The summed E-state index contributed by atoms with van der Waals surface area (Å²) in [6, 6.07) is 17.4. The minimum absolute atomic E-state index is 0.0435. The number of fused-ring (bicyclic) bond motifs is 1. The lowest BCUT2D eigenvalue weighted by Crippen LogP contribution is -2.35. The van der Waals surface area contributed by atoms with Crippen molar-refractivity contribution in [3.05, 3.63) is 65.0 Å². The van der Waals surface area contributed by atoms with Crippen LogP contribution in [0.4, 0.5) is 5.69 Å². The highest BCUT2D eigenvalue weighted by molar-refractivity contribution is 7.20. The van der Waals surface area contributed by atoms with Gasteiger partial charge in [-0.2, -0.15) is 0 Å². The number of hydrogen-bond acceptors (Lipinski definition) is 4. The Labute approximate surface area is 193 Å². The average Bonchev–Trinajstić information content (AvgIpc) is 3.27. The molecule has 0 radical (unpaired) electrons. The number of thiophene rings is 1. The number of nitrogens with one attached hydrogen (secondary N) is 2. The molecule has 5 nitrogen and oxygen atoms in total. The minimum atomic E-state index is -0.240. The van der Waals surface area contributed by atoms with E-state index in [4.69, 9.17) is 5.73 Å². The van der Waals surface area contributed by atoms with Crippen LogP contribution in [0.15, 0.2) is 54.6 Å². The summed E-state index contributed by atoms with van der Waals surface area (Å²) in [7, 11) is 0. The van der Waals surface area contributed by atoms with Gasteiger partial charge < -0.3 is 16.4 Å². The molecule has 4 N–H and O–H groups in total. The van der Waals surface area contributed by atoms with Crippen LogP contribution in [-0.2, 0) is 4.79 Å². The number of nitrogens with two attached hydrogens (primary N) is 1. The lowest BCUT2D eigenvalue weighted by molar-refractivity contribution is -0.122. The predicted molar refractivity (Wildman–Crippen MR) is 132 cm³/mol. The summed E-state index contributed by atoms with van der Waals surface area (Å²) in [5.74, 6) is 0.810. The van der Waals surface area contributed by atoms with Crippen LogP contribution in [-0.4, -0.2) is 24.9 Å². The van der Waals surface area contributed by atoms with Crippen molar-refractivity contribution in [1.82, 2.24) is 5.32 Å². The normalized spacial score (nSPS) is 19.4. The molecule has 1 saturated carbocycles. The predicted octanol–water partition coefficient (Wildman–Crippen LogP) is 5.14. The quantitative estimate of drug-likeness (QED) is 0.467. The van der Waals surface area contributed by atoms with E-state index in [1.165, 1.54) is 30.6 Å². The van der Waals surface area contributed by atoms with Crippen molar-refractivity contribution in [3.63, 3.8) is 0 Å². The Balaban J connectivity index is 1.31. The molecule has 2 amide bonds. The summed E-state index contributed by atoms with van der Waals surface area (Å²) >= 11 is 1.48. The van der Waals surface area contributed by atoms with Crippen molar-refractivity contribution in [2.75, 3.05) is 18.4 Å². The van der Waals surface area contributed by atoms with Crippen molar-refractivity contribution in [1.29, 1.82) is 0 Å². The maximum atomic E-state index is 12.7. The van der Waals surface area contributed by atoms with Crippen molar-refractivity contribution >= 4 is 38.9 Å². The van der Waals surface area contributed by atoms with Gasteiger partial charge >= 0.3 is 0 Å². The Hall–Kier alpha value is -2.70. The Morgan fingerprint density at radius 1 is 1.09 bits per heavy atom. The van der Waals surface area contributed by atoms with Gasteiger partial charge in [0, 0.05) is 16.9 Å². The largest absolute Gasteiger partial charge is 0.355 e. The summed E-state index contributed by atoms with van der Waals surface area (Å²) < 4.78 is 1.10. The van der Waals surface area contributed by atoms with Crippen LogP contribution in [0.3, 0.4) is 0 Å². The van der Waals surface area contributed by atoms with Gasteiger partial charge in [-0.15, -0.1) is 11.3 Å². The number of anilines is 1. The molecule has 168 valence electrons. The standard InChI is InChI=1S/C26H31N3O2S/c1-17(25(30)28-16-19-6-4-5-18(13-19)15-27)20-9-11-22(12-10-20)29-26(31)24-14-21-7-2-3-8-23(21)32-24/h2-3,7-12,14,17-19H,4-6,13,15-16,27H2,1H3,(H,28,30)(H,29,31). The van der Waals surface area contributed by atoms with Gasteiger partial charge in [-0.05, 0) is 79.8 Å². The molecule has 1 aliphatic carbocycles. The molecule has 0 saturated heterocycles. The molecule has 32 heavy (non-hydrogen) atoms. The zero-order chi connectivity index (χ0) is 22.5. The molecule has 6 heteroatoms. The summed E-state index contributed by atoms with van der Waals surface area (Å²) in [6.45, 7) is 3.39. The second-order valence-corrected chi connectivity index (χ2v) is 9.91. The molecule has 2 aromatic carbocycles. The van der Waals surface area contributed by atoms with Gasteiger partial charge in [0.25, 0.3) is 5.91 Å². The van der Waals surface area contributed by atoms with E-state index in [1.54, 1.807) is 0 Å². The SMILES string of the molecule is CC(C(=O)NCC1CCCC(CN)C1)c1ccc(NC(=O)c2cc3ccccc3s2)cc1. The number of carbonyl (C=O) groups excluding carboxylic acids is 2. The molecular formula is C26H31N3O2S. The highest BCUT2D eigenvalue weighted by Crippen LogP contribution is 2.28. The van der Waals surface area contributed by atoms with Crippen LogP contribution in [0.2, 0.25) is 0 Å². The van der Waals surface area contributed by atoms with E-state index in [0.29, 0.717) is 16.7 Å². The van der Waals surface area contributed by atoms with Crippen molar-refractivity contribution in [3.8, 4) is 0 Å². The van der Waals surface area contributed by atoms with Crippen molar-refractivity contribution < 1.29 is 9.59 Å². The molecule has 4 rings (SSSR count). The zero-order valence-corrected chi connectivity index (χ0v) is 19.3. The third kappa shape index (κ3) is 5.37. The monoisotopic (exact) mass is 449 g/mol. The molecule has 0 spiro atoms. The molecule has 1 heterocycles. The second-order valence-electron chi connectivity index (χ2n) is 8.83. The second kappa shape index (κ2) is 10.3. The lowest BCUT2D eigenvalue weighted by Gasteiger charge is -2.28. The minimum Gasteiger partial charge on any atom is -0.355 e. The molecule has 1 aromatic heterocycles. The Morgan fingerprint density at radius 3 is 2.59 bits per heavy atom. The fourth-order valence-corrected chi connectivity index (χ4v) is 5.45. The summed E-state index contributed by atoms with van der Waals surface area (Å²) in [4.78, 5) is 26.0. The first kappa shape index (κ1) is 22.5. The van der Waals surface area contributed by atoms with Crippen LogP contribution in [0.5, 0.6) is 0 Å². The van der Waals surface area contributed by atoms with Gasteiger partial charge in [-0.1, -0.05) is 36.8 Å². The van der Waals surface area contributed by atoms with E-state index in [0.717, 1.165) is 40.8 Å².